The molecule has 1 heterocycles. The molecule has 1 saturated heterocycles. The van der Waals surface area contributed by atoms with Gasteiger partial charge in [0.2, 0.25) is 0 Å². The number of epoxide rings is 1. The van der Waals surface area contributed by atoms with Gasteiger partial charge < -0.3 is 14.6 Å². The van der Waals surface area contributed by atoms with Gasteiger partial charge in [0.25, 0.3) is 0 Å². The van der Waals surface area contributed by atoms with Crippen LogP contribution in [0.1, 0.15) is 40.5 Å². The highest BCUT2D eigenvalue weighted by Crippen LogP contribution is 2.39. The predicted molar refractivity (Wildman–Crippen MR) is 64.6 cm³/mol. The van der Waals surface area contributed by atoms with Crippen LogP contribution < -0.4 is 0 Å². The second-order valence-electron chi connectivity index (χ2n) is 4.85. The van der Waals surface area contributed by atoms with E-state index in [2.05, 4.69) is 6.92 Å². The molecule has 1 N–H and O–H groups in total. The van der Waals surface area contributed by atoms with E-state index < -0.39 is 11.7 Å². The molecule has 0 aromatic heterocycles. The zero-order valence-corrected chi connectivity index (χ0v) is 11.0. The van der Waals surface area contributed by atoms with Crippen molar-refractivity contribution in [1.82, 2.24) is 0 Å². The van der Waals surface area contributed by atoms with Gasteiger partial charge in [0.05, 0.1) is 6.61 Å². The Bertz CT molecular complexity index is 311. The smallest absolute Gasteiger partial charge is 0.303 e. The summed E-state index contributed by atoms with van der Waals surface area (Å²) >= 11 is 0. The van der Waals surface area contributed by atoms with Crippen LogP contribution in [-0.2, 0) is 14.3 Å². The number of aliphatic hydroxyl groups excluding tert-OH is 1. The maximum absolute atomic E-state index is 11.1. The van der Waals surface area contributed by atoms with Gasteiger partial charge in [-0.1, -0.05) is 18.9 Å². The van der Waals surface area contributed by atoms with Crippen molar-refractivity contribution in [2.45, 2.75) is 58.3 Å². The van der Waals surface area contributed by atoms with Crippen LogP contribution in [0.15, 0.2) is 11.6 Å². The maximum Gasteiger partial charge on any atom is 0.303 e. The normalized spacial score (nSPS) is 29.9. The lowest BCUT2D eigenvalue weighted by Crippen LogP contribution is -2.28. The molecule has 0 amide bonds. The zero-order valence-electron chi connectivity index (χ0n) is 11.0. The first-order chi connectivity index (χ1) is 7.92. The molecular weight excluding hydrogens is 220 g/mol. The molecule has 0 aliphatic carbocycles. The maximum atomic E-state index is 11.1. The van der Waals surface area contributed by atoms with E-state index in [0.717, 1.165) is 12.8 Å². The fourth-order valence-corrected chi connectivity index (χ4v) is 1.93. The van der Waals surface area contributed by atoms with Crippen molar-refractivity contribution in [2.24, 2.45) is 0 Å². The van der Waals surface area contributed by atoms with E-state index in [4.69, 9.17) is 9.47 Å². The summed E-state index contributed by atoms with van der Waals surface area (Å²) in [6, 6.07) is 0. The average Bonchev–Trinajstić information content (AvgIpc) is 2.90. The average molecular weight is 242 g/mol. The van der Waals surface area contributed by atoms with Gasteiger partial charge in [-0.05, 0) is 26.3 Å². The molecule has 0 spiro atoms. The highest BCUT2D eigenvalue weighted by molar-refractivity contribution is 5.66. The highest BCUT2D eigenvalue weighted by atomic mass is 16.7. The van der Waals surface area contributed by atoms with E-state index in [0.29, 0.717) is 0 Å². The fraction of sp³-hybridized carbons (Fsp3) is 0.769. The third-order valence-electron chi connectivity index (χ3n) is 2.95. The van der Waals surface area contributed by atoms with E-state index in [1.807, 2.05) is 19.9 Å². The third-order valence-corrected chi connectivity index (χ3v) is 2.95. The van der Waals surface area contributed by atoms with Crippen molar-refractivity contribution in [2.75, 3.05) is 6.61 Å². The van der Waals surface area contributed by atoms with Gasteiger partial charge in [0.15, 0.2) is 0 Å². The number of ether oxygens (including phenoxy) is 2. The Hall–Kier alpha value is -0.870. The predicted octanol–water partition coefficient (Wildman–Crippen LogP) is 1.81. The Labute approximate surface area is 103 Å². The van der Waals surface area contributed by atoms with E-state index in [-0.39, 0.29) is 18.7 Å². The molecule has 1 unspecified atom stereocenters. The molecule has 4 nitrogen and oxygen atoms in total. The van der Waals surface area contributed by atoms with Gasteiger partial charge >= 0.3 is 5.97 Å². The summed E-state index contributed by atoms with van der Waals surface area (Å²) in [5.74, 6) is -0.327. The van der Waals surface area contributed by atoms with Gasteiger partial charge in [-0.3, -0.25) is 4.79 Å². The van der Waals surface area contributed by atoms with Gasteiger partial charge in [0.1, 0.15) is 17.8 Å². The molecule has 0 radical (unpaired) electrons. The molecule has 98 valence electrons. The van der Waals surface area contributed by atoms with Gasteiger partial charge in [-0.25, -0.2) is 0 Å². The van der Waals surface area contributed by atoms with Crippen LogP contribution in [0, 0.1) is 0 Å². The lowest BCUT2D eigenvalue weighted by atomic mass is 10.0. The first-order valence-electron chi connectivity index (χ1n) is 6.06. The summed E-state index contributed by atoms with van der Waals surface area (Å²) in [7, 11) is 0. The summed E-state index contributed by atoms with van der Waals surface area (Å²) in [4.78, 5) is 11.1. The lowest BCUT2D eigenvalue weighted by Gasteiger charge is -2.13. The molecule has 1 rings (SSSR count). The van der Waals surface area contributed by atoms with Crippen molar-refractivity contribution in [3.8, 4) is 0 Å². The van der Waals surface area contributed by atoms with Gasteiger partial charge in [0, 0.05) is 6.92 Å². The number of aliphatic hydroxyl groups is 1. The van der Waals surface area contributed by atoms with Crippen molar-refractivity contribution < 1.29 is 19.4 Å². The van der Waals surface area contributed by atoms with E-state index >= 15 is 0 Å². The van der Waals surface area contributed by atoms with Crippen LogP contribution in [0.4, 0.5) is 0 Å². The van der Waals surface area contributed by atoms with E-state index in [1.165, 1.54) is 12.5 Å². The molecule has 0 bridgehead atoms. The monoisotopic (exact) mass is 242 g/mol. The Morgan fingerprint density at radius 2 is 2.24 bits per heavy atom. The number of carbonyl (C=O) groups is 1. The molecule has 0 saturated carbocycles. The first-order valence-corrected chi connectivity index (χ1v) is 6.06. The fourth-order valence-electron chi connectivity index (χ4n) is 1.93. The van der Waals surface area contributed by atoms with Crippen LogP contribution in [-0.4, -0.2) is 35.5 Å². The van der Waals surface area contributed by atoms with Crippen LogP contribution >= 0.6 is 0 Å². The minimum atomic E-state index is -0.566. The van der Waals surface area contributed by atoms with E-state index in [9.17, 15) is 9.90 Å². The lowest BCUT2D eigenvalue weighted by molar-refractivity contribution is -0.145. The Morgan fingerprint density at radius 1 is 1.59 bits per heavy atom. The number of carbonyl (C=O) groups excluding carboxylic acids is 1. The quantitative estimate of drug-likeness (QED) is 0.438. The minimum Gasteiger partial charge on any atom is -0.455 e. The number of hydrogen-bond donors (Lipinski definition) is 1. The van der Waals surface area contributed by atoms with Crippen molar-refractivity contribution in [3.63, 3.8) is 0 Å². The van der Waals surface area contributed by atoms with Crippen molar-refractivity contribution in [3.05, 3.63) is 11.6 Å². The topological polar surface area (TPSA) is 59.1 Å². The zero-order chi connectivity index (χ0) is 13.1. The first kappa shape index (κ1) is 14.2. The molecule has 0 aromatic rings. The second-order valence-corrected chi connectivity index (χ2v) is 4.85. The summed E-state index contributed by atoms with van der Waals surface area (Å²) in [6.45, 7) is 7.25. The molecule has 4 heteroatoms. The second kappa shape index (κ2) is 5.65. The molecule has 1 aliphatic heterocycles. The third kappa shape index (κ3) is 3.82. The molecular formula is C13H22O4. The number of allylic oxidation sites excluding steroid dienone is 1. The van der Waals surface area contributed by atoms with Crippen LogP contribution in [0.25, 0.3) is 0 Å². The molecule has 1 fully saturated rings. The van der Waals surface area contributed by atoms with Crippen molar-refractivity contribution >= 4 is 5.97 Å². The number of rotatable bonds is 6. The highest BCUT2D eigenvalue weighted by Gasteiger charge is 2.56. The molecule has 3 atom stereocenters. The molecule has 17 heavy (non-hydrogen) atoms. The van der Waals surface area contributed by atoms with Crippen LogP contribution in [0.3, 0.4) is 0 Å². The standard InChI is InChI=1S/C13H22O4/c1-5-6-9(2)7-11(16-10(3)15)12-13(4,8-14)17-12/h7,11-12,14H,5-6,8H2,1-4H3/b9-7+/t11?,12-,13-/m0/s1. The minimum absolute atomic E-state index is 0.0594. The number of esters is 1. The molecule has 0 aromatic carbocycles. The van der Waals surface area contributed by atoms with Crippen LogP contribution in [0.5, 0.6) is 0 Å². The summed E-state index contributed by atoms with van der Waals surface area (Å²) < 4.78 is 10.7. The van der Waals surface area contributed by atoms with Crippen molar-refractivity contribution in [1.29, 1.82) is 0 Å². The Morgan fingerprint density at radius 3 is 2.65 bits per heavy atom. The van der Waals surface area contributed by atoms with Gasteiger partial charge in [-0.2, -0.15) is 0 Å². The van der Waals surface area contributed by atoms with Crippen LogP contribution in [0.2, 0.25) is 0 Å². The summed E-state index contributed by atoms with van der Waals surface area (Å²) in [5.41, 5.74) is 0.609. The Kier molecular flexibility index (Phi) is 4.71. The molecule has 1 aliphatic rings. The summed E-state index contributed by atoms with van der Waals surface area (Å²) in [6.07, 6.45) is 3.33. The Balaban J connectivity index is 2.69. The van der Waals surface area contributed by atoms with E-state index in [1.54, 1.807) is 0 Å². The number of hydrogen-bond acceptors (Lipinski definition) is 4. The summed E-state index contributed by atoms with van der Waals surface area (Å²) in [5, 5.41) is 9.17. The van der Waals surface area contributed by atoms with Gasteiger partial charge in [-0.15, -0.1) is 0 Å². The largest absolute Gasteiger partial charge is 0.455 e. The SMILES string of the molecule is CCC/C(C)=C/C(OC(C)=O)[C@@H]1O[C@@]1(C)CO.